The summed E-state index contributed by atoms with van der Waals surface area (Å²) in [5, 5.41) is 3.09. The van der Waals surface area contributed by atoms with Crippen LogP contribution in [0.25, 0.3) is 10.9 Å². The van der Waals surface area contributed by atoms with Gasteiger partial charge in [-0.25, -0.2) is 9.18 Å². The minimum absolute atomic E-state index is 0.0663. The Morgan fingerprint density at radius 2 is 1.86 bits per heavy atom. The summed E-state index contributed by atoms with van der Waals surface area (Å²) in [5.74, 6) is -2.40. The molecule has 6 nitrogen and oxygen atoms in total. The number of hydrogen-bond donors (Lipinski definition) is 1. The number of hydrogen-bond acceptors (Lipinski definition) is 4. The molecule has 1 amide bonds. The first-order valence-corrected chi connectivity index (χ1v) is 8.99. The van der Waals surface area contributed by atoms with E-state index in [9.17, 15) is 18.8 Å². The number of benzene rings is 2. The smallest absolute Gasteiger partial charge is 0.333 e. The average Bonchev–Trinajstić information content (AvgIpc) is 3.24. The summed E-state index contributed by atoms with van der Waals surface area (Å²) in [5.41, 5.74) is 2.84. The molecule has 0 spiro atoms. The van der Waals surface area contributed by atoms with Crippen molar-refractivity contribution in [2.45, 2.75) is 13.5 Å². The van der Waals surface area contributed by atoms with Gasteiger partial charge in [-0.05, 0) is 30.7 Å². The summed E-state index contributed by atoms with van der Waals surface area (Å²) in [6.45, 7) is 2.13. The first kappa shape index (κ1) is 18.6. The fourth-order valence-corrected chi connectivity index (χ4v) is 3.46. The molecule has 7 heteroatoms. The van der Waals surface area contributed by atoms with Gasteiger partial charge >= 0.3 is 5.97 Å². The van der Waals surface area contributed by atoms with Crippen molar-refractivity contribution in [3.05, 3.63) is 82.9 Å². The van der Waals surface area contributed by atoms with Crippen LogP contribution in [0.1, 0.15) is 21.6 Å². The molecule has 1 aliphatic rings. The van der Waals surface area contributed by atoms with Gasteiger partial charge in [-0.15, -0.1) is 0 Å². The SMILES string of the molecule is Cc1c(C(=O)C(=O)NC2=CC(=O)OC2)c2ccccc2n1Cc1ccc(F)cc1. The zero-order chi connectivity index (χ0) is 20.5. The predicted molar refractivity (Wildman–Crippen MR) is 104 cm³/mol. The second-order valence-electron chi connectivity index (χ2n) is 6.75. The number of amides is 1. The molecular weight excluding hydrogens is 375 g/mol. The number of esters is 1. The van der Waals surface area contributed by atoms with Gasteiger partial charge in [0.2, 0.25) is 0 Å². The number of Topliss-reactive ketones (excluding diaryl/α,β-unsaturated/α-hetero) is 1. The Balaban J connectivity index is 1.71. The van der Waals surface area contributed by atoms with Crippen molar-refractivity contribution in [2.24, 2.45) is 0 Å². The van der Waals surface area contributed by atoms with Gasteiger partial charge in [-0.1, -0.05) is 30.3 Å². The summed E-state index contributed by atoms with van der Waals surface area (Å²) in [6.07, 6.45) is 1.15. The maximum atomic E-state index is 13.2. The number of halogens is 1. The van der Waals surface area contributed by atoms with Gasteiger partial charge in [0, 0.05) is 29.2 Å². The van der Waals surface area contributed by atoms with Crippen LogP contribution in [0.3, 0.4) is 0 Å². The monoisotopic (exact) mass is 392 g/mol. The van der Waals surface area contributed by atoms with Crippen molar-refractivity contribution in [3.63, 3.8) is 0 Å². The summed E-state index contributed by atoms with van der Waals surface area (Å²) < 4.78 is 19.9. The molecule has 0 radical (unpaired) electrons. The van der Waals surface area contributed by atoms with Gasteiger partial charge in [-0.2, -0.15) is 0 Å². The molecule has 0 bridgehead atoms. The van der Waals surface area contributed by atoms with E-state index in [1.54, 1.807) is 31.2 Å². The van der Waals surface area contributed by atoms with E-state index in [-0.39, 0.29) is 18.1 Å². The molecule has 3 aromatic rings. The normalized spacial score (nSPS) is 13.3. The Kier molecular flexibility index (Phi) is 4.72. The lowest BCUT2D eigenvalue weighted by molar-refractivity contribution is -0.135. The second-order valence-corrected chi connectivity index (χ2v) is 6.75. The Bertz CT molecular complexity index is 1180. The fraction of sp³-hybridized carbons (Fsp3) is 0.136. The molecule has 4 rings (SSSR count). The highest BCUT2D eigenvalue weighted by molar-refractivity contribution is 6.45. The van der Waals surface area contributed by atoms with Crippen LogP contribution in [0.5, 0.6) is 0 Å². The molecule has 0 atom stereocenters. The Morgan fingerprint density at radius 1 is 1.14 bits per heavy atom. The molecule has 2 aromatic carbocycles. The lowest BCUT2D eigenvalue weighted by Gasteiger charge is -2.09. The lowest BCUT2D eigenvalue weighted by Crippen LogP contribution is -2.31. The highest BCUT2D eigenvalue weighted by Gasteiger charge is 2.26. The van der Waals surface area contributed by atoms with Gasteiger partial charge < -0.3 is 14.6 Å². The fourth-order valence-electron chi connectivity index (χ4n) is 3.46. The number of para-hydroxylation sites is 1. The molecule has 1 aromatic heterocycles. The maximum Gasteiger partial charge on any atom is 0.333 e. The number of aromatic nitrogens is 1. The largest absolute Gasteiger partial charge is 0.456 e. The standard InChI is InChI=1S/C22H17FN2O4/c1-13-20(21(27)22(28)24-16-10-19(26)29-12-16)17-4-2-3-5-18(17)25(13)11-14-6-8-15(23)9-7-14/h2-10H,11-12H2,1H3,(H,24,28). The third-order valence-electron chi connectivity index (χ3n) is 4.85. The van der Waals surface area contributed by atoms with Crippen molar-refractivity contribution in [1.29, 1.82) is 0 Å². The van der Waals surface area contributed by atoms with Crippen molar-refractivity contribution in [3.8, 4) is 0 Å². The van der Waals surface area contributed by atoms with Crippen molar-refractivity contribution in [1.82, 2.24) is 9.88 Å². The molecule has 0 aliphatic carbocycles. The number of rotatable bonds is 5. The van der Waals surface area contributed by atoms with E-state index in [1.807, 2.05) is 16.7 Å². The molecule has 0 saturated heterocycles. The van der Waals surface area contributed by atoms with Gasteiger partial charge in [0.1, 0.15) is 12.4 Å². The third kappa shape index (κ3) is 3.54. The van der Waals surface area contributed by atoms with Crippen LogP contribution in [0.4, 0.5) is 4.39 Å². The first-order chi connectivity index (χ1) is 13.9. The number of nitrogens with zero attached hydrogens (tertiary/aromatic N) is 1. The first-order valence-electron chi connectivity index (χ1n) is 8.99. The number of carbonyl (C=O) groups is 3. The van der Waals surface area contributed by atoms with E-state index in [2.05, 4.69) is 5.32 Å². The maximum absolute atomic E-state index is 13.2. The summed E-state index contributed by atoms with van der Waals surface area (Å²) in [6, 6.07) is 13.4. The van der Waals surface area contributed by atoms with E-state index in [1.165, 1.54) is 12.1 Å². The van der Waals surface area contributed by atoms with E-state index >= 15 is 0 Å². The quantitative estimate of drug-likeness (QED) is 0.412. The molecule has 1 aliphatic heterocycles. The van der Waals surface area contributed by atoms with Gasteiger partial charge in [0.05, 0.1) is 11.3 Å². The second kappa shape index (κ2) is 7.35. The third-order valence-corrected chi connectivity index (χ3v) is 4.85. The van der Waals surface area contributed by atoms with Gasteiger partial charge in [0.15, 0.2) is 0 Å². The molecule has 146 valence electrons. The number of nitrogens with one attached hydrogen (secondary N) is 1. The number of ether oxygens (including phenoxy) is 1. The topological polar surface area (TPSA) is 77.4 Å². The minimum Gasteiger partial charge on any atom is -0.456 e. The molecule has 0 fully saturated rings. The molecule has 0 unspecified atom stereocenters. The van der Waals surface area contributed by atoms with E-state index in [0.29, 0.717) is 23.2 Å². The Labute approximate surface area is 165 Å². The van der Waals surface area contributed by atoms with Crippen LogP contribution in [-0.2, 0) is 20.9 Å². The van der Waals surface area contributed by atoms with Crippen LogP contribution in [0, 0.1) is 12.7 Å². The molecule has 1 N–H and O–H groups in total. The van der Waals surface area contributed by atoms with E-state index < -0.39 is 17.7 Å². The Hall–Kier alpha value is -3.74. The zero-order valence-corrected chi connectivity index (χ0v) is 15.6. The van der Waals surface area contributed by atoms with E-state index in [0.717, 1.165) is 17.2 Å². The number of ketones is 1. The average molecular weight is 392 g/mol. The van der Waals surface area contributed by atoms with Crippen LogP contribution in [-0.4, -0.2) is 28.8 Å². The van der Waals surface area contributed by atoms with Crippen LogP contribution >= 0.6 is 0 Å². The van der Waals surface area contributed by atoms with Gasteiger partial charge in [-0.3, -0.25) is 9.59 Å². The number of carbonyl (C=O) groups excluding carboxylic acids is 3. The highest BCUT2D eigenvalue weighted by Crippen LogP contribution is 2.27. The molecular formula is C22H17FN2O4. The summed E-state index contributed by atoms with van der Waals surface area (Å²) in [4.78, 5) is 36.6. The van der Waals surface area contributed by atoms with Crippen LogP contribution in [0.15, 0.2) is 60.3 Å². The van der Waals surface area contributed by atoms with Crippen molar-refractivity contribution < 1.29 is 23.5 Å². The Morgan fingerprint density at radius 3 is 2.55 bits per heavy atom. The lowest BCUT2D eigenvalue weighted by atomic mass is 10.1. The van der Waals surface area contributed by atoms with Crippen LogP contribution < -0.4 is 5.32 Å². The number of fused-ring (bicyclic) bond motifs is 1. The molecule has 0 saturated carbocycles. The van der Waals surface area contributed by atoms with Crippen molar-refractivity contribution >= 4 is 28.6 Å². The predicted octanol–water partition coefficient (Wildman–Crippen LogP) is 2.88. The summed E-state index contributed by atoms with van der Waals surface area (Å²) in [7, 11) is 0. The van der Waals surface area contributed by atoms with E-state index in [4.69, 9.17) is 4.74 Å². The summed E-state index contributed by atoms with van der Waals surface area (Å²) >= 11 is 0. The van der Waals surface area contributed by atoms with Crippen LogP contribution in [0.2, 0.25) is 0 Å². The highest BCUT2D eigenvalue weighted by atomic mass is 19.1. The van der Waals surface area contributed by atoms with Gasteiger partial charge in [0.25, 0.3) is 11.7 Å². The zero-order valence-electron chi connectivity index (χ0n) is 15.6. The number of cyclic esters (lactones) is 1. The minimum atomic E-state index is -0.831. The van der Waals surface area contributed by atoms with Crippen molar-refractivity contribution in [2.75, 3.05) is 6.61 Å². The molecule has 29 heavy (non-hydrogen) atoms. The molecule has 2 heterocycles.